The Bertz CT molecular complexity index is 712. The van der Waals surface area contributed by atoms with E-state index >= 15 is 0 Å². The largest absolute Gasteiger partial charge is 0.306 e. The standard InChI is InChI=1S/C15H16F2N4O/c1-9-12(7-21(20-9)8-13(16)17)15(22)19-14-5-10-3-2-4-11(10)6-18-14/h5-7,13H,2-4,8H2,1H3,(H,18,19,22). The molecule has 1 aliphatic rings. The molecule has 1 amide bonds. The molecule has 7 heteroatoms. The lowest BCUT2D eigenvalue weighted by molar-refractivity contribution is 0.102. The van der Waals surface area contributed by atoms with E-state index in [1.54, 1.807) is 13.1 Å². The van der Waals surface area contributed by atoms with Crippen LogP contribution in [0, 0.1) is 6.92 Å². The van der Waals surface area contributed by atoms with Gasteiger partial charge in [-0.3, -0.25) is 9.48 Å². The highest BCUT2D eigenvalue weighted by Crippen LogP contribution is 2.23. The monoisotopic (exact) mass is 306 g/mol. The molecule has 5 nitrogen and oxygen atoms in total. The Kier molecular flexibility index (Phi) is 3.87. The first-order chi connectivity index (χ1) is 10.5. The minimum Gasteiger partial charge on any atom is -0.306 e. The van der Waals surface area contributed by atoms with E-state index in [9.17, 15) is 13.6 Å². The second-order valence-corrected chi connectivity index (χ2v) is 5.39. The maximum atomic E-state index is 12.4. The summed E-state index contributed by atoms with van der Waals surface area (Å²) in [5, 5.41) is 6.63. The fourth-order valence-corrected chi connectivity index (χ4v) is 2.68. The van der Waals surface area contributed by atoms with Gasteiger partial charge in [0, 0.05) is 12.4 Å². The van der Waals surface area contributed by atoms with Crippen LogP contribution < -0.4 is 5.32 Å². The van der Waals surface area contributed by atoms with Gasteiger partial charge in [0.15, 0.2) is 0 Å². The van der Waals surface area contributed by atoms with Crippen LogP contribution in [0.5, 0.6) is 0 Å². The van der Waals surface area contributed by atoms with Crippen molar-refractivity contribution in [3.63, 3.8) is 0 Å². The molecule has 1 aliphatic carbocycles. The molecule has 0 aliphatic heterocycles. The molecule has 0 atom stereocenters. The summed E-state index contributed by atoms with van der Waals surface area (Å²) in [5.41, 5.74) is 3.12. The van der Waals surface area contributed by atoms with Crippen LogP contribution in [0.4, 0.5) is 14.6 Å². The molecule has 0 radical (unpaired) electrons. The summed E-state index contributed by atoms with van der Waals surface area (Å²) in [6.45, 7) is 1.10. The summed E-state index contributed by atoms with van der Waals surface area (Å²) < 4.78 is 25.8. The molecule has 1 N–H and O–H groups in total. The van der Waals surface area contributed by atoms with Crippen LogP contribution in [-0.2, 0) is 19.4 Å². The second-order valence-electron chi connectivity index (χ2n) is 5.39. The van der Waals surface area contributed by atoms with E-state index in [1.165, 1.54) is 17.3 Å². The fraction of sp³-hybridized carbons (Fsp3) is 0.400. The molecule has 0 unspecified atom stereocenters. The van der Waals surface area contributed by atoms with Crippen LogP contribution in [0.2, 0.25) is 0 Å². The van der Waals surface area contributed by atoms with Gasteiger partial charge in [0.05, 0.1) is 11.3 Å². The van der Waals surface area contributed by atoms with E-state index in [4.69, 9.17) is 0 Å². The predicted octanol–water partition coefficient (Wildman–Crippen LogP) is 2.59. The number of hydrogen-bond donors (Lipinski definition) is 1. The number of aryl methyl sites for hydroxylation is 3. The molecule has 0 fully saturated rings. The maximum absolute atomic E-state index is 12.4. The van der Waals surface area contributed by atoms with Crippen molar-refractivity contribution in [3.8, 4) is 0 Å². The van der Waals surface area contributed by atoms with Crippen molar-refractivity contribution in [2.24, 2.45) is 0 Å². The zero-order chi connectivity index (χ0) is 15.7. The number of aromatic nitrogens is 3. The molecular weight excluding hydrogens is 290 g/mol. The van der Waals surface area contributed by atoms with E-state index in [0.29, 0.717) is 11.5 Å². The quantitative estimate of drug-likeness (QED) is 0.944. The molecule has 2 aromatic rings. The van der Waals surface area contributed by atoms with Crippen molar-refractivity contribution in [2.75, 3.05) is 5.32 Å². The fourth-order valence-electron chi connectivity index (χ4n) is 2.68. The van der Waals surface area contributed by atoms with Crippen LogP contribution in [-0.4, -0.2) is 27.1 Å². The molecule has 0 saturated heterocycles. The van der Waals surface area contributed by atoms with Crippen LogP contribution in [0.15, 0.2) is 18.5 Å². The first-order valence-corrected chi connectivity index (χ1v) is 7.14. The van der Waals surface area contributed by atoms with Gasteiger partial charge in [0.25, 0.3) is 12.3 Å². The van der Waals surface area contributed by atoms with Crippen molar-refractivity contribution in [1.29, 1.82) is 0 Å². The average Bonchev–Trinajstić information content (AvgIpc) is 3.04. The van der Waals surface area contributed by atoms with E-state index in [2.05, 4.69) is 15.4 Å². The number of carbonyl (C=O) groups is 1. The SMILES string of the molecule is Cc1nn(CC(F)F)cc1C(=O)Nc1cc2c(cn1)CCC2. The number of amides is 1. The summed E-state index contributed by atoms with van der Waals surface area (Å²) in [6, 6.07) is 1.87. The molecule has 0 saturated carbocycles. The average molecular weight is 306 g/mol. The molecule has 2 aromatic heterocycles. The molecular formula is C15H16F2N4O. The van der Waals surface area contributed by atoms with Gasteiger partial charge in [-0.15, -0.1) is 0 Å². The predicted molar refractivity (Wildman–Crippen MR) is 77.2 cm³/mol. The van der Waals surface area contributed by atoms with Crippen LogP contribution in [0.25, 0.3) is 0 Å². The minimum atomic E-state index is -2.51. The first kappa shape index (κ1) is 14.6. The van der Waals surface area contributed by atoms with E-state index in [0.717, 1.165) is 23.9 Å². The molecule has 2 heterocycles. The van der Waals surface area contributed by atoms with Crippen LogP contribution in [0.3, 0.4) is 0 Å². The maximum Gasteiger partial charge on any atom is 0.260 e. The second kappa shape index (κ2) is 5.82. The van der Waals surface area contributed by atoms with Gasteiger partial charge in [-0.2, -0.15) is 5.10 Å². The highest BCUT2D eigenvalue weighted by molar-refractivity contribution is 6.04. The third-order valence-corrected chi connectivity index (χ3v) is 3.73. The number of fused-ring (bicyclic) bond motifs is 1. The Morgan fingerprint density at radius 1 is 1.41 bits per heavy atom. The summed E-state index contributed by atoms with van der Waals surface area (Å²) in [5.74, 6) is 0.0927. The van der Waals surface area contributed by atoms with E-state index in [-0.39, 0.29) is 11.5 Å². The first-order valence-electron chi connectivity index (χ1n) is 7.14. The van der Waals surface area contributed by atoms with Gasteiger partial charge in [0.1, 0.15) is 12.4 Å². The molecule has 3 rings (SSSR count). The van der Waals surface area contributed by atoms with Gasteiger partial charge in [-0.1, -0.05) is 0 Å². The lowest BCUT2D eigenvalue weighted by Gasteiger charge is -2.05. The Hall–Kier alpha value is -2.31. The third-order valence-electron chi connectivity index (χ3n) is 3.73. The number of halogens is 2. The molecule has 22 heavy (non-hydrogen) atoms. The normalized spacial score (nSPS) is 13.5. The Balaban J connectivity index is 1.75. The Morgan fingerprint density at radius 2 is 2.18 bits per heavy atom. The zero-order valence-electron chi connectivity index (χ0n) is 12.1. The number of nitrogens with zero attached hydrogens (tertiary/aromatic N) is 3. The van der Waals surface area contributed by atoms with Gasteiger partial charge < -0.3 is 5.32 Å². The van der Waals surface area contributed by atoms with Crippen molar-refractivity contribution in [1.82, 2.24) is 14.8 Å². The number of anilines is 1. The van der Waals surface area contributed by atoms with Crippen molar-refractivity contribution < 1.29 is 13.6 Å². The van der Waals surface area contributed by atoms with E-state index in [1.807, 2.05) is 6.07 Å². The Labute approximate surface area is 126 Å². The number of nitrogens with one attached hydrogen (secondary N) is 1. The number of carbonyl (C=O) groups excluding carboxylic acids is 1. The van der Waals surface area contributed by atoms with E-state index < -0.39 is 13.0 Å². The summed E-state index contributed by atoms with van der Waals surface area (Å²) >= 11 is 0. The van der Waals surface area contributed by atoms with Gasteiger partial charge in [0.2, 0.25) is 0 Å². The summed E-state index contributed by atoms with van der Waals surface area (Å²) in [4.78, 5) is 16.5. The van der Waals surface area contributed by atoms with Gasteiger partial charge >= 0.3 is 0 Å². The smallest absolute Gasteiger partial charge is 0.260 e. The van der Waals surface area contributed by atoms with Gasteiger partial charge in [-0.25, -0.2) is 13.8 Å². The number of pyridine rings is 1. The molecule has 0 bridgehead atoms. The number of hydrogen-bond acceptors (Lipinski definition) is 3. The van der Waals surface area contributed by atoms with Crippen molar-refractivity contribution in [2.45, 2.75) is 39.2 Å². The third kappa shape index (κ3) is 2.98. The molecule has 116 valence electrons. The highest BCUT2D eigenvalue weighted by atomic mass is 19.3. The number of rotatable bonds is 4. The van der Waals surface area contributed by atoms with Gasteiger partial charge in [-0.05, 0) is 43.4 Å². The van der Waals surface area contributed by atoms with Crippen molar-refractivity contribution in [3.05, 3.63) is 40.8 Å². The topological polar surface area (TPSA) is 59.8 Å². The zero-order valence-corrected chi connectivity index (χ0v) is 12.1. The highest BCUT2D eigenvalue weighted by Gasteiger charge is 2.17. The summed E-state index contributed by atoms with van der Waals surface area (Å²) in [6.07, 6.45) is 3.74. The lowest BCUT2D eigenvalue weighted by atomic mass is 10.2. The van der Waals surface area contributed by atoms with Crippen molar-refractivity contribution >= 4 is 11.7 Å². The Morgan fingerprint density at radius 3 is 2.95 bits per heavy atom. The number of alkyl halides is 2. The molecule has 0 spiro atoms. The molecule has 0 aromatic carbocycles. The minimum absolute atomic E-state index is 0.281. The van der Waals surface area contributed by atoms with Crippen LogP contribution in [0.1, 0.15) is 33.6 Å². The summed E-state index contributed by atoms with van der Waals surface area (Å²) in [7, 11) is 0. The lowest BCUT2D eigenvalue weighted by Crippen LogP contribution is -2.14. The van der Waals surface area contributed by atoms with Crippen LogP contribution >= 0.6 is 0 Å².